The minimum absolute atomic E-state index is 0.428. The molecule has 0 amide bonds. The molecule has 1 heterocycles. The van der Waals surface area contributed by atoms with Crippen LogP contribution >= 0.6 is 11.6 Å². The van der Waals surface area contributed by atoms with E-state index >= 15 is 0 Å². The first-order valence-electron chi connectivity index (χ1n) is 5.19. The molecule has 0 radical (unpaired) electrons. The molecule has 0 fully saturated rings. The van der Waals surface area contributed by atoms with Gasteiger partial charge >= 0.3 is 0 Å². The van der Waals surface area contributed by atoms with Crippen molar-refractivity contribution in [3.8, 4) is 17.0 Å². The van der Waals surface area contributed by atoms with E-state index in [1.165, 1.54) is 0 Å². The molecule has 90 valence electrons. The van der Waals surface area contributed by atoms with Crippen molar-refractivity contribution in [2.24, 2.45) is 0 Å². The van der Waals surface area contributed by atoms with E-state index in [2.05, 4.69) is 10.2 Å². The summed E-state index contributed by atoms with van der Waals surface area (Å²) in [4.78, 5) is 0. The number of nitrogens with two attached hydrogens (primary N) is 1. The lowest BCUT2D eigenvalue weighted by Gasteiger charge is -2.14. The summed E-state index contributed by atoms with van der Waals surface area (Å²) in [5.41, 5.74) is 9.19. The van der Waals surface area contributed by atoms with Gasteiger partial charge in [-0.25, -0.2) is 0 Å². The van der Waals surface area contributed by atoms with Crippen LogP contribution in [0.25, 0.3) is 11.3 Å². The van der Waals surface area contributed by atoms with Gasteiger partial charge in [-0.05, 0) is 25.0 Å². The number of H-pyrrole nitrogens is 1. The van der Waals surface area contributed by atoms with Crippen LogP contribution in [-0.4, -0.2) is 17.3 Å². The van der Waals surface area contributed by atoms with E-state index < -0.39 is 0 Å². The van der Waals surface area contributed by atoms with Gasteiger partial charge in [-0.1, -0.05) is 17.7 Å². The predicted molar refractivity (Wildman–Crippen MR) is 69.5 cm³/mol. The topological polar surface area (TPSA) is 63.9 Å². The van der Waals surface area contributed by atoms with Gasteiger partial charge in [-0.3, -0.25) is 5.10 Å². The van der Waals surface area contributed by atoms with Gasteiger partial charge in [0.05, 0.1) is 23.4 Å². The Kier molecular flexibility index (Phi) is 2.98. The molecule has 0 unspecified atom stereocenters. The van der Waals surface area contributed by atoms with Crippen LogP contribution in [0.5, 0.6) is 5.75 Å². The van der Waals surface area contributed by atoms with Crippen LogP contribution in [0.1, 0.15) is 11.1 Å². The standard InChI is InChI=1S/C12H14ClN3O/c1-6-4-7(2)12(17-3)10(11(6)13)8-5-9(14)16-15-8/h4-5H,1-3H3,(H3,14,15,16). The van der Waals surface area contributed by atoms with Crippen molar-refractivity contribution >= 4 is 17.4 Å². The molecule has 3 N–H and O–H groups in total. The quantitative estimate of drug-likeness (QED) is 0.863. The highest BCUT2D eigenvalue weighted by Crippen LogP contribution is 2.40. The number of nitrogen functional groups attached to an aromatic ring is 1. The minimum Gasteiger partial charge on any atom is -0.496 e. The van der Waals surface area contributed by atoms with Gasteiger partial charge in [-0.2, -0.15) is 5.10 Å². The van der Waals surface area contributed by atoms with Crippen molar-refractivity contribution in [2.75, 3.05) is 12.8 Å². The molecule has 0 spiro atoms. The van der Waals surface area contributed by atoms with Crippen molar-refractivity contribution in [3.63, 3.8) is 0 Å². The number of hydrogen-bond acceptors (Lipinski definition) is 3. The molecular weight excluding hydrogens is 238 g/mol. The summed E-state index contributed by atoms with van der Waals surface area (Å²) < 4.78 is 5.40. The first-order valence-corrected chi connectivity index (χ1v) is 5.57. The number of aromatic nitrogens is 2. The molecule has 5 heteroatoms. The van der Waals surface area contributed by atoms with Gasteiger partial charge in [0.1, 0.15) is 11.6 Å². The van der Waals surface area contributed by atoms with Gasteiger partial charge in [-0.15, -0.1) is 0 Å². The number of benzene rings is 1. The van der Waals surface area contributed by atoms with Crippen molar-refractivity contribution in [2.45, 2.75) is 13.8 Å². The van der Waals surface area contributed by atoms with E-state index in [-0.39, 0.29) is 0 Å². The second-order valence-corrected chi connectivity index (χ2v) is 4.32. The van der Waals surface area contributed by atoms with Crippen LogP contribution in [0.4, 0.5) is 5.82 Å². The third-order valence-corrected chi connectivity index (χ3v) is 3.14. The predicted octanol–water partition coefficient (Wildman–Crippen LogP) is 2.94. The molecule has 2 aromatic rings. The molecule has 4 nitrogen and oxygen atoms in total. The zero-order chi connectivity index (χ0) is 12.6. The van der Waals surface area contributed by atoms with Gasteiger partial charge in [0.15, 0.2) is 0 Å². The molecule has 2 rings (SSSR count). The number of nitrogens with zero attached hydrogens (tertiary/aromatic N) is 1. The number of aromatic amines is 1. The van der Waals surface area contributed by atoms with Crippen LogP contribution in [0.3, 0.4) is 0 Å². The highest BCUT2D eigenvalue weighted by Gasteiger charge is 2.17. The van der Waals surface area contributed by atoms with E-state index in [0.29, 0.717) is 10.8 Å². The average Bonchev–Trinajstić information content (AvgIpc) is 2.69. The minimum atomic E-state index is 0.428. The third-order valence-electron chi connectivity index (χ3n) is 2.66. The van der Waals surface area contributed by atoms with E-state index in [4.69, 9.17) is 22.1 Å². The zero-order valence-electron chi connectivity index (χ0n) is 9.97. The summed E-state index contributed by atoms with van der Waals surface area (Å²) in [6.45, 7) is 3.93. The Balaban J connectivity index is 2.74. The van der Waals surface area contributed by atoms with Crippen LogP contribution < -0.4 is 10.5 Å². The molecular formula is C12H14ClN3O. The molecule has 0 aliphatic heterocycles. The first-order chi connectivity index (χ1) is 8.04. The third kappa shape index (κ3) is 1.96. The van der Waals surface area contributed by atoms with E-state index in [1.54, 1.807) is 13.2 Å². The number of halogens is 1. The Morgan fingerprint density at radius 2 is 2.00 bits per heavy atom. The zero-order valence-corrected chi connectivity index (χ0v) is 10.7. The maximum atomic E-state index is 6.32. The van der Waals surface area contributed by atoms with Gasteiger partial charge < -0.3 is 10.5 Å². The van der Waals surface area contributed by atoms with Crippen molar-refractivity contribution < 1.29 is 4.74 Å². The Labute approximate surface area is 105 Å². The number of nitrogens with one attached hydrogen (secondary N) is 1. The maximum Gasteiger partial charge on any atom is 0.145 e. The summed E-state index contributed by atoms with van der Waals surface area (Å²) in [6, 6.07) is 3.73. The van der Waals surface area contributed by atoms with Gasteiger partial charge in [0.2, 0.25) is 0 Å². The summed E-state index contributed by atoms with van der Waals surface area (Å²) >= 11 is 6.32. The normalized spacial score (nSPS) is 10.6. The fourth-order valence-electron chi connectivity index (χ4n) is 1.92. The maximum absolute atomic E-state index is 6.32. The first kappa shape index (κ1) is 11.8. The molecule has 0 bridgehead atoms. The summed E-state index contributed by atoms with van der Waals surface area (Å²) in [7, 11) is 1.62. The Bertz CT molecular complexity index is 563. The van der Waals surface area contributed by atoms with Gasteiger partial charge in [0, 0.05) is 6.07 Å². The molecule has 0 aliphatic carbocycles. The number of rotatable bonds is 2. The smallest absolute Gasteiger partial charge is 0.145 e. The van der Waals surface area contributed by atoms with Crippen LogP contribution in [0.2, 0.25) is 5.02 Å². The number of aryl methyl sites for hydroxylation is 2. The lowest BCUT2D eigenvalue weighted by atomic mass is 10.0. The molecule has 17 heavy (non-hydrogen) atoms. The summed E-state index contributed by atoms with van der Waals surface area (Å²) in [6.07, 6.45) is 0. The summed E-state index contributed by atoms with van der Waals surface area (Å²) in [5.74, 6) is 1.17. The van der Waals surface area contributed by atoms with E-state index in [0.717, 1.165) is 28.1 Å². The second-order valence-electron chi connectivity index (χ2n) is 3.94. The SMILES string of the molecule is COc1c(C)cc(C)c(Cl)c1-c1cc(N)n[nH]1. The lowest BCUT2D eigenvalue weighted by molar-refractivity contribution is 0.413. The number of ether oxygens (including phenoxy) is 1. The number of hydrogen-bond donors (Lipinski definition) is 2. The molecule has 0 atom stereocenters. The highest BCUT2D eigenvalue weighted by atomic mass is 35.5. The summed E-state index contributed by atoms with van der Waals surface area (Å²) in [5, 5.41) is 7.41. The Morgan fingerprint density at radius 3 is 2.53 bits per heavy atom. The molecule has 1 aromatic carbocycles. The van der Waals surface area contributed by atoms with E-state index in [9.17, 15) is 0 Å². The average molecular weight is 252 g/mol. The Hall–Kier alpha value is -1.68. The van der Waals surface area contributed by atoms with Crippen molar-refractivity contribution in [1.82, 2.24) is 10.2 Å². The molecule has 0 aliphatic rings. The second kappa shape index (κ2) is 4.30. The largest absolute Gasteiger partial charge is 0.496 e. The van der Waals surface area contributed by atoms with Crippen molar-refractivity contribution in [3.05, 3.63) is 28.3 Å². The van der Waals surface area contributed by atoms with Crippen LogP contribution in [0, 0.1) is 13.8 Å². The van der Waals surface area contributed by atoms with Crippen molar-refractivity contribution in [1.29, 1.82) is 0 Å². The molecule has 1 aromatic heterocycles. The monoisotopic (exact) mass is 251 g/mol. The fourth-order valence-corrected chi connectivity index (χ4v) is 2.16. The van der Waals surface area contributed by atoms with Crippen LogP contribution in [-0.2, 0) is 0 Å². The fraction of sp³-hybridized carbons (Fsp3) is 0.250. The Morgan fingerprint density at radius 1 is 1.29 bits per heavy atom. The van der Waals surface area contributed by atoms with Crippen LogP contribution in [0.15, 0.2) is 12.1 Å². The van der Waals surface area contributed by atoms with E-state index in [1.807, 2.05) is 19.9 Å². The van der Waals surface area contributed by atoms with Gasteiger partial charge in [0.25, 0.3) is 0 Å². The highest BCUT2D eigenvalue weighted by molar-refractivity contribution is 6.34. The lowest BCUT2D eigenvalue weighted by Crippen LogP contribution is -1.95. The number of anilines is 1. The molecule has 0 saturated carbocycles. The molecule has 0 saturated heterocycles. The number of methoxy groups -OCH3 is 1.